The zero-order valence-electron chi connectivity index (χ0n) is 12.5. The largest absolute Gasteiger partial charge is 0.481 e. The SMILES string of the molecule is Cc1ccc(C(=O)NC2(CC(=O)O)CCC2)cc1S(C)(=O)=O. The molecule has 0 spiro atoms. The van der Waals surface area contributed by atoms with Crippen molar-refractivity contribution in [2.45, 2.75) is 43.0 Å². The highest BCUT2D eigenvalue weighted by atomic mass is 32.2. The lowest BCUT2D eigenvalue weighted by molar-refractivity contribution is -0.139. The van der Waals surface area contributed by atoms with Crippen molar-refractivity contribution in [3.05, 3.63) is 29.3 Å². The van der Waals surface area contributed by atoms with Crippen LogP contribution in [0.5, 0.6) is 0 Å². The van der Waals surface area contributed by atoms with Crippen molar-refractivity contribution >= 4 is 21.7 Å². The van der Waals surface area contributed by atoms with E-state index in [1.54, 1.807) is 19.1 Å². The lowest BCUT2D eigenvalue weighted by Gasteiger charge is -2.41. The maximum atomic E-state index is 12.3. The van der Waals surface area contributed by atoms with Gasteiger partial charge in [-0.3, -0.25) is 9.59 Å². The molecule has 7 heteroatoms. The first-order valence-electron chi connectivity index (χ1n) is 6.98. The van der Waals surface area contributed by atoms with Crippen LogP contribution in [0.1, 0.15) is 41.6 Å². The number of nitrogens with one attached hydrogen (secondary N) is 1. The first-order valence-corrected chi connectivity index (χ1v) is 8.87. The van der Waals surface area contributed by atoms with E-state index < -0.39 is 27.3 Å². The summed E-state index contributed by atoms with van der Waals surface area (Å²) in [6, 6.07) is 4.47. The van der Waals surface area contributed by atoms with Crippen LogP contribution in [0, 0.1) is 6.92 Å². The zero-order valence-corrected chi connectivity index (χ0v) is 13.4. The second kappa shape index (κ2) is 5.72. The number of sulfone groups is 1. The van der Waals surface area contributed by atoms with Crippen molar-refractivity contribution < 1.29 is 23.1 Å². The highest BCUT2D eigenvalue weighted by Gasteiger charge is 2.40. The molecular formula is C15H19NO5S. The number of carboxylic acid groups (broad SMARTS) is 1. The maximum Gasteiger partial charge on any atom is 0.305 e. The molecule has 1 aliphatic carbocycles. The van der Waals surface area contributed by atoms with Gasteiger partial charge < -0.3 is 10.4 Å². The van der Waals surface area contributed by atoms with E-state index in [0.29, 0.717) is 18.4 Å². The molecule has 1 aromatic carbocycles. The standard InChI is InChI=1S/C15H19NO5S/c1-10-4-5-11(8-12(10)22(2,20)21)14(19)16-15(6-3-7-15)9-13(17)18/h4-5,8H,3,6-7,9H2,1-2H3,(H,16,19)(H,17,18). The van der Waals surface area contributed by atoms with Gasteiger partial charge in [0.1, 0.15) is 0 Å². The van der Waals surface area contributed by atoms with E-state index in [1.165, 1.54) is 6.07 Å². The van der Waals surface area contributed by atoms with Gasteiger partial charge in [0.2, 0.25) is 0 Å². The van der Waals surface area contributed by atoms with Crippen LogP contribution in [0.25, 0.3) is 0 Å². The van der Waals surface area contributed by atoms with Crippen LogP contribution in [-0.4, -0.2) is 37.2 Å². The first kappa shape index (κ1) is 16.5. The number of hydrogen-bond donors (Lipinski definition) is 2. The van der Waals surface area contributed by atoms with Gasteiger partial charge in [0.05, 0.1) is 16.9 Å². The van der Waals surface area contributed by atoms with Crippen molar-refractivity contribution in [1.82, 2.24) is 5.32 Å². The molecule has 0 unspecified atom stereocenters. The number of carbonyl (C=O) groups is 2. The Balaban J connectivity index is 2.25. The average molecular weight is 325 g/mol. The Kier molecular flexibility index (Phi) is 4.28. The van der Waals surface area contributed by atoms with E-state index in [4.69, 9.17) is 5.11 Å². The van der Waals surface area contributed by atoms with E-state index in [0.717, 1.165) is 12.7 Å². The van der Waals surface area contributed by atoms with Crippen LogP contribution >= 0.6 is 0 Å². The summed E-state index contributed by atoms with van der Waals surface area (Å²) in [6.07, 6.45) is 3.08. The van der Waals surface area contributed by atoms with Gasteiger partial charge in [0.25, 0.3) is 5.91 Å². The summed E-state index contributed by atoms with van der Waals surface area (Å²) < 4.78 is 23.4. The number of rotatable bonds is 5. The Morgan fingerprint density at radius 1 is 1.32 bits per heavy atom. The van der Waals surface area contributed by atoms with Gasteiger partial charge in [-0.05, 0) is 43.9 Å². The third kappa shape index (κ3) is 3.47. The summed E-state index contributed by atoms with van der Waals surface area (Å²) in [7, 11) is -3.42. The topological polar surface area (TPSA) is 101 Å². The summed E-state index contributed by atoms with van der Waals surface area (Å²) in [5.74, 6) is -1.40. The third-order valence-corrected chi connectivity index (χ3v) is 5.27. The summed E-state index contributed by atoms with van der Waals surface area (Å²) >= 11 is 0. The van der Waals surface area contributed by atoms with Crippen LogP contribution in [-0.2, 0) is 14.6 Å². The fourth-order valence-corrected chi connectivity index (χ4v) is 3.69. The van der Waals surface area contributed by atoms with E-state index >= 15 is 0 Å². The number of amides is 1. The van der Waals surface area contributed by atoms with Gasteiger partial charge in [-0.25, -0.2) is 8.42 Å². The lowest BCUT2D eigenvalue weighted by atomic mass is 9.74. The van der Waals surface area contributed by atoms with Crippen LogP contribution in [0.3, 0.4) is 0 Å². The average Bonchev–Trinajstić information content (AvgIpc) is 2.34. The molecule has 0 heterocycles. The normalized spacial score (nSPS) is 16.6. The van der Waals surface area contributed by atoms with E-state index in [9.17, 15) is 18.0 Å². The molecule has 0 aromatic heterocycles. The second-order valence-corrected chi connectivity index (χ2v) is 7.90. The zero-order chi connectivity index (χ0) is 16.5. The monoisotopic (exact) mass is 325 g/mol. The minimum absolute atomic E-state index is 0.112. The van der Waals surface area contributed by atoms with Gasteiger partial charge in [-0.15, -0.1) is 0 Å². The fraction of sp³-hybridized carbons (Fsp3) is 0.467. The molecule has 1 aromatic rings. The van der Waals surface area contributed by atoms with Crippen molar-refractivity contribution in [2.75, 3.05) is 6.26 Å². The number of aliphatic carboxylic acids is 1. The van der Waals surface area contributed by atoms with Crippen LogP contribution in [0.2, 0.25) is 0 Å². The van der Waals surface area contributed by atoms with Gasteiger partial charge in [-0.2, -0.15) is 0 Å². The molecule has 2 N–H and O–H groups in total. The summed E-state index contributed by atoms with van der Waals surface area (Å²) in [5.41, 5.74) is 0.0876. The molecule has 2 rings (SSSR count). The van der Waals surface area contributed by atoms with E-state index in [2.05, 4.69) is 5.32 Å². The number of aryl methyl sites for hydroxylation is 1. The van der Waals surface area contributed by atoms with Gasteiger partial charge >= 0.3 is 5.97 Å². The van der Waals surface area contributed by atoms with Gasteiger partial charge in [-0.1, -0.05) is 6.07 Å². The summed E-state index contributed by atoms with van der Waals surface area (Å²) in [6.45, 7) is 1.66. The molecule has 1 fully saturated rings. The summed E-state index contributed by atoms with van der Waals surface area (Å²) in [4.78, 5) is 23.4. The predicted molar refractivity (Wildman–Crippen MR) is 80.6 cm³/mol. The van der Waals surface area contributed by atoms with Crippen LogP contribution in [0.4, 0.5) is 0 Å². The quantitative estimate of drug-likeness (QED) is 0.855. The molecular weight excluding hydrogens is 306 g/mol. The number of benzene rings is 1. The minimum Gasteiger partial charge on any atom is -0.481 e. The predicted octanol–water partition coefficient (Wildman–Crippen LogP) is 1.53. The first-order chi connectivity index (χ1) is 10.1. The number of carboxylic acids is 1. The highest BCUT2D eigenvalue weighted by molar-refractivity contribution is 7.90. The van der Waals surface area contributed by atoms with Crippen LogP contribution < -0.4 is 5.32 Å². The Morgan fingerprint density at radius 2 is 1.95 bits per heavy atom. The molecule has 1 saturated carbocycles. The molecule has 0 aliphatic heterocycles. The molecule has 0 saturated heterocycles. The lowest BCUT2D eigenvalue weighted by Crippen LogP contribution is -2.54. The fourth-order valence-electron chi connectivity index (χ4n) is 2.69. The van der Waals surface area contributed by atoms with Gasteiger partial charge in [0.15, 0.2) is 9.84 Å². The molecule has 0 bridgehead atoms. The Labute approximate surface area is 129 Å². The maximum absolute atomic E-state index is 12.3. The molecule has 22 heavy (non-hydrogen) atoms. The smallest absolute Gasteiger partial charge is 0.305 e. The molecule has 0 radical (unpaired) electrons. The molecule has 6 nitrogen and oxygen atoms in total. The van der Waals surface area contributed by atoms with Crippen molar-refractivity contribution in [2.24, 2.45) is 0 Å². The molecule has 1 amide bonds. The third-order valence-electron chi connectivity index (χ3n) is 4.03. The second-order valence-electron chi connectivity index (χ2n) is 5.91. The Hall–Kier alpha value is -1.89. The van der Waals surface area contributed by atoms with E-state index in [-0.39, 0.29) is 16.9 Å². The molecule has 120 valence electrons. The number of carbonyl (C=O) groups excluding carboxylic acids is 1. The van der Waals surface area contributed by atoms with Crippen molar-refractivity contribution in [3.8, 4) is 0 Å². The van der Waals surface area contributed by atoms with E-state index in [1.807, 2.05) is 0 Å². The van der Waals surface area contributed by atoms with Crippen molar-refractivity contribution in [1.29, 1.82) is 0 Å². The molecule has 1 aliphatic rings. The Bertz CT molecular complexity index is 719. The van der Waals surface area contributed by atoms with Crippen LogP contribution in [0.15, 0.2) is 23.1 Å². The number of hydrogen-bond acceptors (Lipinski definition) is 4. The Morgan fingerprint density at radius 3 is 2.41 bits per heavy atom. The highest BCUT2D eigenvalue weighted by Crippen LogP contribution is 2.35. The van der Waals surface area contributed by atoms with Gasteiger partial charge in [0, 0.05) is 11.8 Å². The van der Waals surface area contributed by atoms with Crippen molar-refractivity contribution in [3.63, 3.8) is 0 Å². The summed E-state index contributed by atoms with van der Waals surface area (Å²) in [5, 5.41) is 11.7. The minimum atomic E-state index is -3.42. The molecule has 0 atom stereocenters.